The third-order valence-electron chi connectivity index (χ3n) is 3.34. The minimum atomic E-state index is -0.209. The van der Waals surface area contributed by atoms with Gasteiger partial charge in [0.05, 0.1) is 0 Å². The van der Waals surface area contributed by atoms with Crippen LogP contribution in [0.4, 0.5) is 11.4 Å². The molecule has 5 nitrogen and oxygen atoms in total. The smallest absolute Gasteiger partial charge is 0.255 e. The average Bonchev–Trinajstić information content (AvgIpc) is 3.21. The van der Waals surface area contributed by atoms with Crippen molar-refractivity contribution in [2.24, 2.45) is 0 Å². The largest absolute Gasteiger partial charge is 0.453 e. The number of aldehydes is 1. The lowest BCUT2D eigenvalue weighted by molar-refractivity contribution is 0.102. The molecule has 1 heterocycles. The molecule has 0 unspecified atom stereocenters. The van der Waals surface area contributed by atoms with E-state index in [-0.39, 0.29) is 11.7 Å². The minimum absolute atomic E-state index is 0.209. The molecule has 27 heavy (non-hydrogen) atoms. The Morgan fingerprint density at radius 3 is 2.00 bits per heavy atom. The van der Waals surface area contributed by atoms with Crippen LogP contribution < -0.4 is 11.1 Å². The molecule has 1 aromatic heterocycles. The molecular formula is C22H26N2O3. The minimum Gasteiger partial charge on any atom is -0.453 e. The summed E-state index contributed by atoms with van der Waals surface area (Å²) < 4.78 is 5.35. The van der Waals surface area contributed by atoms with E-state index in [1.54, 1.807) is 48.5 Å². The van der Waals surface area contributed by atoms with Crippen LogP contribution in [0.25, 0.3) is 11.3 Å². The maximum atomic E-state index is 12.1. The SMILES string of the molecule is CC.CC.Nc1ccc(C(=O)Nc2ccc(-c3ccc(C=O)o3)cc2)cc1. The van der Waals surface area contributed by atoms with Crippen LogP contribution in [0.15, 0.2) is 65.1 Å². The van der Waals surface area contributed by atoms with Gasteiger partial charge in [0.2, 0.25) is 0 Å². The number of nitrogens with one attached hydrogen (secondary N) is 1. The Morgan fingerprint density at radius 1 is 0.889 bits per heavy atom. The maximum absolute atomic E-state index is 12.1. The van der Waals surface area contributed by atoms with Gasteiger partial charge in [0.25, 0.3) is 5.91 Å². The third-order valence-corrected chi connectivity index (χ3v) is 3.34. The van der Waals surface area contributed by atoms with E-state index in [9.17, 15) is 9.59 Å². The van der Waals surface area contributed by atoms with E-state index < -0.39 is 0 Å². The number of furan rings is 1. The monoisotopic (exact) mass is 366 g/mol. The maximum Gasteiger partial charge on any atom is 0.255 e. The van der Waals surface area contributed by atoms with Crippen molar-refractivity contribution < 1.29 is 14.0 Å². The Balaban J connectivity index is 0.000000855. The van der Waals surface area contributed by atoms with Crippen LogP contribution in [-0.2, 0) is 0 Å². The fraction of sp³-hybridized carbons (Fsp3) is 0.182. The summed E-state index contributed by atoms with van der Waals surface area (Å²) in [6.45, 7) is 8.00. The lowest BCUT2D eigenvalue weighted by Gasteiger charge is -2.06. The zero-order chi connectivity index (χ0) is 20.2. The Bertz CT molecular complexity index is 835. The summed E-state index contributed by atoms with van der Waals surface area (Å²) in [5.41, 5.74) is 8.23. The average molecular weight is 366 g/mol. The molecule has 3 aromatic rings. The second-order valence-corrected chi connectivity index (χ2v) is 4.97. The first kappa shape index (κ1) is 21.7. The van der Waals surface area contributed by atoms with Gasteiger partial charge < -0.3 is 15.5 Å². The number of anilines is 2. The van der Waals surface area contributed by atoms with E-state index in [4.69, 9.17) is 10.2 Å². The summed E-state index contributed by atoms with van der Waals surface area (Å²) in [4.78, 5) is 22.7. The number of rotatable bonds is 4. The lowest BCUT2D eigenvalue weighted by atomic mass is 10.1. The Labute approximate surface area is 160 Å². The molecule has 2 aromatic carbocycles. The number of carbonyl (C=O) groups is 2. The van der Waals surface area contributed by atoms with Gasteiger partial charge in [-0.15, -0.1) is 0 Å². The van der Waals surface area contributed by atoms with Gasteiger partial charge in [-0.2, -0.15) is 0 Å². The highest BCUT2D eigenvalue weighted by Crippen LogP contribution is 2.23. The summed E-state index contributed by atoms with van der Waals surface area (Å²) in [6.07, 6.45) is 0.657. The highest BCUT2D eigenvalue weighted by Gasteiger charge is 2.07. The van der Waals surface area contributed by atoms with Crippen LogP contribution in [-0.4, -0.2) is 12.2 Å². The number of benzene rings is 2. The van der Waals surface area contributed by atoms with Crippen LogP contribution in [0.3, 0.4) is 0 Å². The molecule has 0 saturated carbocycles. The molecule has 0 fully saturated rings. The zero-order valence-corrected chi connectivity index (χ0v) is 16.2. The van der Waals surface area contributed by atoms with Gasteiger partial charge in [-0.25, -0.2) is 0 Å². The van der Waals surface area contributed by atoms with Crippen molar-refractivity contribution >= 4 is 23.6 Å². The molecular weight excluding hydrogens is 340 g/mol. The predicted molar refractivity (Wildman–Crippen MR) is 111 cm³/mol. The van der Waals surface area contributed by atoms with Crippen LogP contribution >= 0.6 is 0 Å². The van der Waals surface area contributed by atoms with Crippen molar-refractivity contribution in [1.29, 1.82) is 0 Å². The van der Waals surface area contributed by atoms with E-state index in [2.05, 4.69) is 5.32 Å². The quantitative estimate of drug-likeness (QED) is 0.462. The first-order valence-corrected chi connectivity index (χ1v) is 8.98. The summed E-state index contributed by atoms with van der Waals surface area (Å²) in [5.74, 6) is 0.670. The van der Waals surface area contributed by atoms with Gasteiger partial charge in [-0.3, -0.25) is 9.59 Å². The van der Waals surface area contributed by atoms with E-state index in [1.807, 2.05) is 39.8 Å². The third kappa shape index (κ3) is 6.15. The fourth-order valence-corrected chi connectivity index (χ4v) is 2.13. The number of hydrogen-bond donors (Lipinski definition) is 2. The first-order valence-electron chi connectivity index (χ1n) is 8.98. The molecule has 3 N–H and O–H groups in total. The Hall–Kier alpha value is -3.34. The fourth-order valence-electron chi connectivity index (χ4n) is 2.13. The van der Waals surface area contributed by atoms with Crippen LogP contribution in [0.1, 0.15) is 48.6 Å². The standard InChI is InChI=1S/C18H14N2O3.2C2H6/c19-14-5-1-13(2-6-14)18(22)20-15-7-3-12(4-8-15)17-10-9-16(11-21)23-17;2*1-2/h1-11H,19H2,(H,20,22);2*1-2H3. The molecule has 0 radical (unpaired) electrons. The molecule has 0 saturated heterocycles. The summed E-state index contributed by atoms with van der Waals surface area (Å²) in [7, 11) is 0. The van der Waals surface area contributed by atoms with E-state index in [0.717, 1.165) is 5.56 Å². The highest BCUT2D eigenvalue weighted by atomic mass is 16.3. The van der Waals surface area contributed by atoms with Gasteiger partial charge in [-0.05, 0) is 60.7 Å². The molecule has 5 heteroatoms. The molecule has 0 spiro atoms. The molecule has 0 atom stereocenters. The van der Waals surface area contributed by atoms with Gasteiger partial charge in [0, 0.05) is 22.5 Å². The van der Waals surface area contributed by atoms with E-state index >= 15 is 0 Å². The number of carbonyl (C=O) groups excluding carboxylic acids is 2. The second-order valence-electron chi connectivity index (χ2n) is 4.97. The molecule has 0 aliphatic carbocycles. The van der Waals surface area contributed by atoms with E-state index in [0.29, 0.717) is 29.0 Å². The van der Waals surface area contributed by atoms with Crippen molar-refractivity contribution in [1.82, 2.24) is 0 Å². The van der Waals surface area contributed by atoms with Crippen molar-refractivity contribution in [3.8, 4) is 11.3 Å². The van der Waals surface area contributed by atoms with Gasteiger partial charge in [-0.1, -0.05) is 27.7 Å². The first-order chi connectivity index (χ1) is 13.2. The lowest BCUT2D eigenvalue weighted by Crippen LogP contribution is -2.11. The highest BCUT2D eigenvalue weighted by molar-refractivity contribution is 6.04. The molecule has 0 aliphatic heterocycles. The normalized spacial score (nSPS) is 9.19. The van der Waals surface area contributed by atoms with Crippen molar-refractivity contribution in [2.45, 2.75) is 27.7 Å². The van der Waals surface area contributed by atoms with Crippen molar-refractivity contribution in [3.63, 3.8) is 0 Å². The molecule has 0 bridgehead atoms. The number of amides is 1. The van der Waals surface area contributed by atoms with Gasteiger partial charge in [0.15, 0.2) is 12.0 Å². The summed E-state index contributed by atoms with van der Waals surface area (Å²) in [6, 6.07) is 17.2. The molecule has 142 valence electrons. The predicted octanol–water partition coefficient (Wildman–Crippen LogP) is 5.65. The Kier molecular flexibility index (Phi) is 9.09. The molecule has 1 amide bonds. The zero-order valence-electron chi connectivity index (χ0n) is 16.2. The summed E-state index contributed by atoms with van der Waals surface area (Å²) in [5, 5.41) is 2.81. The topological polar surface area (TPSA) is 85.3 Å². The van der Waals surface area contributed by atoms with Crippen molar-refractivity contribution in [2.75, 3.05) is 11.1 Å². The number of nitrogens with two attached hydrogens (primary N) is 1. The molecule has 0 aliphatic rings. The molecule has 3 rings (SSSR count). The van der Waals surface area contributed by atoms with E-state index in [1.165, 1.54) is 0 Å². The number of nitrogen functional groups attached to an aromatic ring is 1. The summed E-state index contributed by atoms with van der Waals surface area (Å²) >= 11 is 0. The second kappa shape index (κ2) is 11.3. The van der Waals surface area contributed by atoms with Crippen LogP contribution in [0.5, 0.6) is 0 Å². The number of hydrogen-bond acceptors (Lipinski definition) is 4. The van der Waals surface area contributed by atoms with Gasteiger partial charge >= 0.3 is 0 Å². The van der Waals surface area contributed by atoms with Crippen molar-refractivity contribution in [3.05, 3.63) is 72.0 Å². The van der Waals surface area contributed by atoms with Crippen LogP contribution in [0, 0.1) is 0 Å². The van der Waals surface area contributed by atoms with Crippen LogP contribution in [0.2, 0.25) is 0 Å². The Morgan fingerprint density at radius 2 is 1.48 bits per heavy atom. The van der Waals surface area contributed by atoms with Gasteiger partial charge in [0.1, 0.15) is 5.76 Å².